The molecular weight excluding hydrogens is 326 g/mol. The van der Waals surface area contributed by atoms with E-state index in [9.17, 15) is 9.59 Å². The third-order valence-corrected chi connectivity index (χ3v) is 4.39. The number of amides is 2. The average Bonchev–Trinajstić information content (AvgIpc) is 3.02. The monoisotopic (exact) mass is 353 g/mol. The lowest BCUT2D eigenvalue weighted by Crippen LogP contribution is -2.32. The van der Waals surface area contributed by atoms with Crippen LogP contribution in [0.25, 0.3) is 0 Å². The number of anilines is 1. The molecule has 0 aromatic heterocycles. The Labute approximate surface area is 150 Å². The van der Waals surface area contributed by atoms with Crippen molar-refractivity contribution in [3.63, 3.8) is 0 Å². The Kier molecular flexibility index (Phi) is 8.22. The SMILES string of the molecule is CNCC(C)C(=O)Nc1ccc(C(=O)NC2CCCC2)cc1C.Cl. The third kappa shape index (κ3) is 5.49. The van der Waals surface area contributed by atoms with Gasteiger partial charge in [-0.3, -0.25) is 9.59 Å². The van der Waals surface area contributed by atoms with Crippen LogP contribution >= 0.6 is 12.4 Å². The zero-order valence-electron chi connectivity index (χ0n) is 14.6. The van der Waals surface area contributed by atoms with E-state index in [2.05, 4.69) is 16.0 Å². The first-order chi connectivity index (χ1) is 11.0. The number of halogens is 1. The van der Waals surface area contributed by atoms with Crippen LogP contribution in [0.2, 0.25) is 0 Å². The molecule has 1 saturated carbocycles. The standard InChI is InChI=1S/C18H27N3O2.ClH/c1-12-10-14(18(23)20-15-6-4-5-7-15)8-9-16(12)21-17(22)13(2)11-19-3;/h8-10,13,15,19H,4-7,11H2,1-3H3,(H,20,23)(H,21,22);1H. The molecule has 0 heterocycles. The van der Waals surface area contributed by atoms with E-state index in [-0.39, 0.29) is 30.1 Å². The molecule has 2 amide bonds. The number of benzene rings is 1. The summed E-state index contributed by atoms with van der Waals surface area (Å²) in [4.78, 5) is 24.3. The molecule has 0 radical (unpaired) electrons. The topological polar surface area (TPSA) is 70.2 Å². The summed E-state index contributed by atoms with van der Waals surface area (Å²) in [6.45, 7) is 4.42. The molecule has 134 valence electrons. The number of rotatable bonds is 6. The highest BCUT2D eigenvalue weighted by Crippen LogP contribution is 2.20. The van der Waals surface area contributed by atoms with Gasteiger partial charge in [-0.1, -0.05) is 19.8 Å². The number of carbonyl (C=O) groups excluding carboxylic acids is 2. The predicted molar refractivity (Wildman–Crippen MR) is 99.9 cm³/mol. The molecule has 6 heteroatoms. The van der Waals surface area contributed by atoms with Crippen molar-refractivity contribution in [2.45, 2.75) is 45.6 Å². The molecule has 1 aliphatic carbocycles. The first-order valence-electron chi connectivity index (χ1n) is 8.38. The van der Waals surface area contributed by atoms with E-state index in [0.717, 1.165) is 24.1 Å². The Bertz CT molecular complexity index is 571. The van der Waals surface area contributed by atoms with Gasteiger partial charge in [-0.2, -0.15) is 0 Å². The maximum absolute atomic E-state index is 12.3. The maximum atomic E-state index is 12.3. The summed E-state index contributed by atoms with van der Waals surface area (Å²) in [6, 6.07) is 5.73. The second-order valence-corrected chi connectivity index (χ2v) is 6.43. The van der Waals surface area contributed by atoms with E-state index in [0.29, 0.717) is 18.2 Å². The van der Waals surface area contributed by atoms with E-state index in [1.54, 1.807) is 6.07 Å². The van der Waals surface area contributed by atoms with Crippen molar-refractivity contribution < 1.29 is 9.59 Å². The molecule has 1 atom stereocenters. The van der Waals surface area contributed by atoms with Crippen molar-refractivity contribution in [3.05, 3.63) is 29.3 Å². The summed E-state index contributed by atoms with van der Waals surface area (Å²) in [5.41, 5.74) is 2.31. The summed E-state index contributed by atoms with van der Waals surface area (Å²) in [7, 11) is 1.83. The number of hydrogen-bond acceptors (Lipinski definition) is 3. The highest BCUT2D eigenvalue weighted by molar-refractivity contribution is 5.97. The molecule has 24 heavy (non-hydrogen) atoms. The van der Waals surface area contributed by atoms with E-state index >= 15 is 0 Å². The van der Waals surface area contributed by atoms with Gasteiger partial charge in [0.1, 0.15) is 0 Å². The fraction of sp³-hybridized carbons (Fsp3) is 0.556. The van der Waals surface area contributed by atoms with Crippen LogP contribution in [0.1, 0.15) is 48.5 Å². The van der Waals surface area contributed by atoms with Gasteiger partial charge in [0.15, 0.2) is 0 Å². The zero-order chi connectivity index (χ0) is 16.8. The first kappa shape index (κ1) is 20.5. The molecule has 0 aliphatic heterocycles. The molecule has 1 aliphatic rings. The van der Waals surface area contributed by atoms with Gasteiger partial charge < -0.3 is 16.0 Å². The molecule has 0 saturated heterocycles. The van der Waals surface area contributed by atoms with E-state index < -0.39 is 0 Å². The van der Waals surface area contributed by atoms with Gasteiger partial charge in [-0.25, -0.2) is 0 Å². The van der Waals surface area contributed by atoms with Crippen molar-refractivity contribution in [2.24, 2.45) is 5.92 Å². The number of carbonyl (C=O) groups is 2. The minimum absolute atomic E-state index is 0. The zero-order valence-corrected chi connectivity index (χ0v) is 15.5. The molecule has 1 fully saturated rings. The average molecular weight is 354 g/mol. The molecule has 1 unspecified atom stereocenters. The molecule has 1 aromatic rings. The molecule has 0 spiro atoms. The van der Waals surface area contributed by atoms with Crippen LogP contribution in [0, 0.1) is 12.8 Å². The summed E-state index contributed by atoms with van der Waals surface area (Å²) in [5, 5.41) is 9.00. The smallest absolute Gasteiger partial charge is 0.251 e. The molecular formula is C18H28ClN3O2. The largest absolute Gasteiger partial charge is 0.349 e. The maximum Gasteiger partial charge on any atom is 0.251 e. The van der Waals surface area contributed by atoms with Crippen LogP contribution in [0.5, 0.6) is 0 Å². The first-order valence-corrected chi connectivity index (χ1v) is 8.38. The van der Waals surface area contributed by atoms with Crippen molar-refractivity contribution in [1.29, 1.82) is 0 Å². The molecule has 3 N–H and O–H groups in total. The van der Waals surface area contributed by atoms with Crippen molar-refractivity contribution >= 4 is 29.9 Å². The lowest BCUT2D eigenvalue weighted by Gasteiger charge is -2.15. The Morgan fingerprint density at radius 3 is 2.50 bits per heavy atom. The van der Waals surface area contributed by atoms with Crippen molar-refractivity contribution in [3.8, 4) is 0 Å². The van der Waals surface area contributed by atoms with Gasteiger partial charge in [-0.05, 0) is 50.6 Å². The highest BCUT2D eigenvalue weighted by atomic mass is 35.5. The van der Waals surface area contributed by atoms with E-state index in [1.807, 2.05) is 33.0 Å². The van der Waals surface area contributed by atoms with Gasteiger partial charge in [0.05, 0.1) is 0 Å². The van der Waals surface area contributed by atoms with Crippen LogP contribution in [-0.4, -0.2) is 31.4 Å². The number of aryl methyl sites for hydroxylation is 1. The number of nitrogens with one attached hydrogen (secondary N) is 3. The predicted octanol–water partition coefficient (Wildman–Crippen LogP) is 2.88. The summed E-state index contributed by atoms with van der Waals surface area (Å²) in [5.74, 6) is -0.156. The van der Waals surface area contributed by atoms with Crippen LogP contribution in [0.15, 0.2) is 18.2 Å². The van der Waals surface area contributed by atoms with Crippen molar-refractivity contribution in [1.82, 2.24) is 10.6 Å². The Morgan fingerprint density at radius 1 is 1.25 bits per heavy atom. The second-order valence-electron chi connectivity index (χ2n) is 6.43. The van der Waals surface area contributed by atoms with Crippen LogP contribution in [0.4, 0.5) is 5.69 Å². The minimum atomic E-state index is -0.107. The molecule has 1 aromatic carbocycles. The van der Waals surface area contributed by atoms with E-state index in [4.69, 9.17) is 0 Å². The Hall–Kier alpha value is -1.59. The summed E-state index contributed by atoms with van der Waals surface area (Å²) < 4.78 is 0. The normalized spacial score (nSPS) is 15.5. The van der Waals surface area contributed by atoms with Gasteiger partial charge in [0.25, 0.3) is 5.91 Å². The van der Waals surface area contributed by atoms with Gasteiger partial charge in [0.2, 0.25) is 5.91 Å². The second kappa shape index (κ2) is 9.64. The fourth-order valence-electron chi connectivity index (χ4n) is 2.94. The minimum Gasteiger partial charge on any atom is -0.349 e. The number of hydrogen-bond donors (Lipinski definition) is 3. The van der Waals surface area contributed by atoms with Gasteiger partial charge in [0, 0.05) is 29.8 Å². The summed E-state index contributed by atoms with van der Waals surface area (Å²) >= 11 is 0. The van der Waals surface area contributed by atoms with Crippen molar-refractivity contribution in [2.75, 3.05) is 18.9 Å². The lowest BCUT2D eigenvalue weighted by atomic mass is 10.1. The van der Waals surface area contributed by atoms with Crippen LogP contribution in [-0.2, 0) is 4.79 Å². The molecule has 0 bridgehead atoms. The van der Waals surface area contributed by atoms with Crippen LogP contribution in [0.3, 0.4) is 0 Å². The quantitative estimate of drug-likeness (QED) is 0.736. The third-order valence-electron chi connectivity index (χ3n) is 4.39. The summed E-state index contributed by atoms with van der Waals surface area (Å²) in [6.07, 6.45) is 4.53. The van der Waals surface area contributed by atoms with Gasteiger partial charge in [-0.15, -0.1) is 12.4 Å². The van der Waals surface area contributed by atoms with E-state index in [1.165, 1.54) is 12.8 Å². The molecule has 5 nitrogen and oxygen atoms in total. The lowest BCUT2D eigenvalue weighted by molar-refractivity contribution is -0.119. The van der Waals surface area contributed by atoms with Crippen LogP contribution < -0.4 is 16.0 Å². The Balaban J connectivity index is 0.00000288. The Morgan fingerprint density at radius 2 is 1.92 bits per heavy atom. The highest BCUT2D eigenvalue weighted by Gasteiger charge is 2.19. The fourth-order valence-corrected chi connectivity index (χ4v) is 2.94. The van der Waals surface area contributed by atoms with Gasteiger partial charge >= 0.3 is 0 Å². The molecule has 2 rings (SSSR count).